The van der Waals surface area contributed by atoms with Crippen LogP contribution in [0, 0.1) is 5.82 Å². The second-order valence-corrected chi connectivity index (χ2v) is 8.01. The van der Waals surface area contributed by atoms with E-state index in [1.54, 1.807) is 16.6 Å². The average molecular weight is 423 g/mol. The summed E-state index contributed by atoms with van der Waals surface area (Å²) in [5.41, 5.74) is 3.68. The van der Waals surface area contributed by atoms with Gasteiger partial charge in [-0.3, -0.25) is 4.79 Å². The molecule has 154 valence electrons. The number of unbranched alkanes of at least 4 members (excludes halogenated alkanes) is 1. The molecule has 0 saturated heterocycles. The minimum absolute atomic E-state index is 0.0749. The third kappa shape index (κ3) is 4.57. The summed E-state index contributed by atoms with van der Waals surface area (Å²) in [6, 6.07) is 14.0. The Hall–Kier alpha value is -3.06. The molecule has 30 heavy (non-hydrogen) atoms. The second-order valence-electron chi connectivity index (χ2n) is 7.17. The largest absolute Gasteiger partial charge is 0.352 e. The van der Waals surface area contributed by atoms with Crippen molar-refractivity contribution < 1.29 is 9.18 Å². The highest BCUT2D eigenvalue weighted by molar-refractivity contribution is 7.15. The Labute approximate surface area is 178 Å². The molecule has 0 atom stereocenters. The highest BCUT2D eigenvalue weighted by Crippen LogP contribution is 2.21. The molecule has 0 aliphatic carbocycles. The van der Waals surface area contributed by atoms with Crippen molar-refractivity contribution in [3.63, 3.8) is 0 Å². The van der Waals surface area contributed by atoms with Crippen LogP contribution in [-0.4, -0.2) is 27.0 Å². The Kier molecular flexibility index (Phi) is 6.18. The lowest BCUT2D eigenvalue weighted by atomic mass is 10.1. The molecule has 7 heteroatoms. The van der Waals surface area contributed by atoms with E-state index in [9.17, 15) is 9.18 Å². The van der Waals surface area contributed by atoms with Crippen molar-refractivity contribution in [1.82, 2.24) is 19.9 Å². The van der Waals surface area contributed by atoms with Gasteiger partial charge in [-0.2, -0.15) is 4.98 Å². The average Bonchev–Trinajstić information content (AvgIpc) is 3.35. The number of hydrogen-bond donors (Lipinski definition) is 1. The van der Waals surface area contributed by atoms with Gasteiger partial charge < -0.3 is 5.32 Å². The van der Waals surface area contributed by atoms with Crippen LogP contribution in [0.1, 0.15) is 41.4 Å². The second kappa shape index (κ2) is 9.17. The number of nitrogens with zero attached hydrogens (tertiary/aromatic N) is 3. The number of hydrogen-bond acceptors (Lipinski definition) is 4. The third-order valence-corrected chi connectivity index (χ3v) is 5.82. The SMILES string of the molecule is CCCCc1ccc(C(=O)NCCc2csc3nc(-c4ccc(F)cc4)nn23)cc1. The van der Waals surface area contributed by atoms with Crippen LogP contribution < -0.4 is 5.32 Å². The zero-order valence-electron chi connectivity index (χ0n) is 16.8. The van der Waals surface area contributed by atoms with Crippen molar-refractivity contribution in [1.29, 1.82) is 0 Å². The Morgan fingerprint density at radius 1 is 1.10 bits per heavy atom. The van der Waals surface area contributed by atoms with Gasteiger partial charge in [0.1, 0.15) is 5.82 Å². The van der Waals surface area contributed by atoms with Gasteiger partial charge in [0.25, 0.3) is 5.91 Å². The van der Waals surface area contributed by atoms with Crippen LogP contribution in [0.5, 0.6) is 0 Å². The van der Waals surface area contributed by atoms with Crippen LogP contribution in [0.15, 0.2) is 53.9 Å². The van der Waals surface area contributed by atoms with Crippen molar-refractivity contribution in [3.8, 4) is 11.4 Å². The number of carbonyl (C=O) groups excluding carboxylic acids is 1. The van der Waals surface area contributed by atoms with Crippen molar-refractivity contribution >= 4 is 22.2 Å². The number of thiazole rings is 1. The van der Waals surface area contributed by atoms with Gasteiger partial charge in [-0.05, 0) is 54.8 Å². The zero-order valence-corrected chi connectivity index (χ0v) is 17.6. The number of aromatic nitrogens is 3. The smallest absolute Gasteiger partial charge is 0.251 e. The lowest BCUT2D eigenvalue weighted by Crippen LogP contribution is -2.26. The molecule has 2 aromatic heterocycles. The van der Waals surface area contributed by atoms with E-state index in [4.69, 9.17) is 0 Å². The van der Waals surface area contributed by atoms with Gasteiger partial charge in [0.2, 0.25) is 4.96 Å². The number of halogens is 1. The Morgan fingerprint density at radius 3 is 2.60 bits per heavy atom. The molecule has 2 heterocycles. The number of carbonyl (C=O) groups is 1. The monoisotopic (exact) mass is 422 g/mol. The molecule has 2 aromatic carbocycles. The maximum atomic E-state index is 13.1. The number of nitrogens with one attached hydrogen (secondary N) is 1. The number of benzene rings is 2. The van der Waals surface area contributed by atoms with Gasteiger partial charge in [-0.1, -0.05) is 25.5 Å². The van der Waals surface area contributed by atoms with Crippen LogP contribution in [0.3, 0.4) is 0 Å². The van der Waals surface area contributed by atoms with Crippen LogP contribution in [0.25, 0.3) is 16.3 Å². The van der Waals surface area contributed by atoms with Crippen LogP contribution in [0.2, 0.25) is 0 Å². The van der Waals surface area contributed by atoms with Crippen LogP contribution in [-0.2, 0) is 12.8 Å². The number of amides is 1. The summed E-state index contributed by atoms with van der Waals surface area (Å²) in [5.74, 6) is 0.205. The predicted molar refractivity (Wildman–Crippen MR) is 117 cm³/mol. The highest BCUT2D eigenvalue weighted by Gasteiger charge is 2.12. The van der Waals surface area contributed by atoms with Crippen molar-refractivity contribution in [2.24, 2.45) is 0 Å². The first-order valence-electron chi connectivity index (χ1n) is 10.1. The fourth-order valence-corrected chi connectivity index (χ4v) is 4.08. The highest BCUT2D eigenvalue weighted by atomic mass is 32.1. The van der Waals surface area contributed by atoms with Crippen LogP contribution >= 0.6 is 11.3 Å². The normalized spacial score (nSPS) is 11.1. The minimum atomic E-state index is -0.285. The van der Waals surface area contributed by atoms with E-state index in [0.717, 1.165) is 35.5 Å². The Bertz CT molecular complexity index is 1130. The molecule has 0 spiro atoms. The zero-order chi connectivity index (χ0) is 20.9. The van der Waals surface area contributed by atoms with E-state index in [-0.39, 0.29) is 11.7 Å². The van der Waals surface area contributed by atoms with Gasteiger partial charge >= 0.3 is 0 Å². The predicted octanol–water partition coefficient (Wildman–Crippen LogP) is 4.91. The lowest BCUT2D eigenvalue weighted by Gasteiger charge is -2.06. The molecule has 0 fully saturated rings. The summed E-state index contributed by atoms with van der Waals surface area (Å²) in [5, 5.41) is 9.51. The van der Waals surface area contributed by atoms with E-state index in [1.807, 2.05) is 29.6 Å². The minimum Gasteiger partial charge on any atom is -0.352 e. The molecule has 0 saturated carbocycles. The van der Waals surface area contributed by atoms with Gasteiger partial charge in [-0.25, -0.2) is 8.91 Å². The topological polar surface area (TPSA) is 59.3 Å². The fourth-order valence-electron chi connectivity index (χ4n) is 3.23. The molecule has 4 rings (SSSR count). The quantitative estimate of drug-likeness (QED) is 0.439. The summed E-state index contributed by atoms with van der Waals surface area (Å²) in [4.78, 5) is 17.7. The summed E-state index contributed by atoms with van der Waals surface area (Å²) in [7, 11) is 0. The standard InChI is InChI=1S/C23H23FN4OS/c1-2-3-4-16-5-7-18(8-6-16)22(29)25-14-13-20-15-30-23-26-21(27-28(20)23)17-9-11-19(24)12-10-17/h5-12,15H,2-4,13-14H2,1H3,(H,25,29). The van der Waals surface area contributed by atoms with Gasteiger partial charge in [0.05, 0.1) is 5.69 Å². The lowest BCUT2D eigenvalue weighted by molar-refractivity contribution is 0.0954. The molecule has 5 nitrogen and oxygen atoms in total. The van der Waals surface area contributed by atoms with Crippen molar-refractivity contribution in [2.75, 3.05) is 6.54 Å². The molecule has 1 amide bonds. The first-order chi connectivity index (χ1) is 14.6. The number of aryl methyl sites for hydroxylation is 1. The van der Waals surface area contributed by atoms with Gasteiger partial charge in [0.15, 0.2) is 5.82 Å². The fraction of sp³-hybridized carbons (Fsp3) is 0.261. The maximum Gasteiger partial charge on any atom is 0.251 e. The third-order valence-electron chi connectivity index (χ3n) is 4.95. The first-order valence-corrected chi connectivity index (χ1v) is 11.0. The molecule has 0 unspecified atom stereocenters. The van der Waals surface area contributed by atoms with Crippen molar-refractivity contribution in [2.45, 2.75) is 32.6 Å². The molecule has 0 aliphatic heterocycles. The van der Waals surface area contributed by atoms with Gasteiger partial charge in [0, 0.05) is 29.5 Å². The van der Waals surface area contributed by atoms with Crippen LogP contribution in [0.4, 0.5) is 4.39 Å². The van der Waals surface area contributed by atoms with Crippen molar-refractivity contribution in [3.05, 3.63) is 76.5 Å². The summed E-state index contributed by atoms with van der Waals surface area (Å²) < 4.78 is 14.9. The molecular formula is C23H23FN4OS. The maximum absolute atomic E-state index is 13.1. The van der Waals surface area contributed by atoms with E-state index in [1.165, 1.54) is 29.0 Å². The summed E-state index contributed by atoms with van der Waals surface area (Å²) in [6.45, 7) is 2.68. The molecule has 0 aliphatic rings. The van der Waals surface area contributed by atoms with E-state index in [2.05, 4.69) is 22.3 Å². The van der Waals surface area contributed by atoms with Gasteiger partial charge in [-0.15, -0.1) is 16.4 Å². The first kappa shape index (κ1) is 20.2. The number of rotatable bonds is 8. The molecule has 0 radical (unpaired) electrons. The Balaban J connectivity index is 1.36. The summed E-state index contributed by atoms with van der Waals surface area (Å²) >= 11 is 1.50. The number of fused-ring (bicyclic) bond motifs is 1. The van der Waals surface area contributed by atoms with E-state index >= 15 is 0 Å². The van der Waals surface area contributed by atoms with E-state index < -0.39 is 0 Å². The molecular weight excluding hydrogens is 399 g/mol. The van der Waals surface area contributed by atoms with E-state index in [0.29, 0.717) is 24.4 Å². The Morgan fingerprint density at radius 2 is 1.87 bits per heavy atom. The molecule has 1 N–H and O–H groups in total. The molecule has 4 aromatic rings. The summed E-state index contributed by atoms with van der Waals surface area (Å²) in [6.07, 6.45) is 4.01. The molecule has 0 bridgehead atoms.